The molecule has 0 saturated carbocycles. The van der Waals surface area contributed by atoms with E-state index < -0.39 is 0 Å². The highest BCUT2D eigenvalue weighted by molar-refractivity contribution is 7.09. The third-order valence-corrected chi connectivity index (χ3v) is 3.72. The van der Waals surface area contributed by atoms with Crippen LogP contribution in [-0.4, -0.2) is 11.0 Å². The van der Waals surface area contributed by atoms with E-state index in [4.69, 9.17) is 4.98 Å². The summed E-state index contributed by atoms with van der Waals surface area (Å²) in [5.41, 5.74) is 4.93. The maximum absolute atomic E-state index is 4.70. The molecule has 0 aliphatic carbocycles. The van der Waals surface area contributed by atoms with Gasteiger partial charge < -0.3 is 5.32 Å². The molecule has 0 unspecified atom stereocenters. The lowest BCUT2D eigenvalue weighted by atomic mass is 10.0. The average Bonchev–Trinajstić information content (AvgIpc) is 2.75. The van der Waals surface area contributed by atoms with E-state index in [1.165, 1.54) is 16.7 Å². The van der Waals surface area contributed by atoms with Gasteiger partial charge in [0.25, 0.3) is 0 Å². The van der Waals surface area contributed by atoms with Crippen LogP contribution in [0.5, 0.6) is 0 Å². The molecule has 0 fully saturated rings. The van der Waals surface area contributed by atoms with Crippen molar-refractivity contribution in [1.29, 1.82) is 0 Å². The van der Waals surface area contributed by atoms with Crippen LogP contribution in [-0.2, 0) is 6.54 Å². The molecule has 0 atom stereocenters. The van der Waals surface area contributed by atoms with Gasteiger partial charge in [0.2, 0.25) is 0 Å². The van der Waals surface area contributed by atoms with E-state index in [1.54, 1.807) is 11.3 Å². The summed E-state index contributed by atoms with van der Waals surface area (Å²) in [6, 6.07) is 7.02. The number of nitrogens with zero attached hydrogens (tertiary/aromatic N) is 1. The normalized spacial score (nSPS) is 11.2. The van der Waals surface area contributed by atoms with Crippen LogP contribution in [0.3, 0.4) is 0 Å². The van der Waals surface area contributed by atoms with E-state index in [1.807, 2.05) is 0 Å². The van der Waals surface area contributed by atoms with Gasteiger partial charge in [0.15, 0.2) is 0 Å². The van der Waals surface area contributed by atoms with Crippen molar-refractivity contribution >= 4 is 11.3 Å². The van der Waals surface area contributed by atoms with Crippen molar-refractivity contribution in [2.45, 2.75) is 40.3 Å². The van der Waals surface area contributed by atoms with Crippen molar-refractivity contribution in [3.8, 4) is 11.3 Å². The molecule has 0 aliphatic heterocycles. The summed E-state index contributed by atoms with van der Waals surface area (Å²) in [6.45, 7) is 9.42. The molecule has 0 amide bonds. The van der Waals surface area contributed by atoms with E-state index in [-0.39, 0.29) is 0 Å². The first-order chi connectivity index (χ1) is 8.56. The van der Waals surface area contributed by atoms with Gasteiger partial charge in [-0.15, -0.1) is 11.3 Å². The third kappa shape index (κ3) is 3.18. The zero-order valence-corrected chi connectivity index (χ0v) is 12.3. The topological polar surface area (TPSA) is 24.9 Å². The van der Waals surface area contributed by atoms with E-state index in [9.17, 15) is 0 Å². The highest BCUT2D eigenvalue weighted by Gasteiger charge is 2.07. The average molecular weight is 260 g/mol. The molecule has 0 saturated heterocycles. The predicted molar refractivity (Wildman–Crippen MR) is 79.0 cm³/mol. The Morgan fingerprint density at radius 2 is 2.06 bits per heavy atom. The number of aryl methyl sites for hydroxylation is 2. The molecule has 18 heavy (non-hydrogen) atoms. The van der Waals surface area contributed by atoms with Crippen LogP contribution in [0, 0.1) is 13.8 Å². The molecule has 1 aromatic heterocycles. The molecule has 0 aliphatic rings. The first-order valence-corrected chi connectivity index (χ1v) is 7.19. The minimum absolute atomic E-state index is 0.499. The number of aromatic nitrogens is 1. The standard InChI is InChI=1S/C15H20N2S/c1-10(2)16-8-15-17-14(9-18-15)13-6-5-11(3)7-12(13)4/h5-7,9-10,16H,8H2,1-4H3. The summed E-state index contributed by atoms with van der Waals surface area (Å²) in [7, 11) is 0. The fourth-order valence-corrected chi connectivity index (χ4v) is 2.65. The van der Waals surface area contributed by atoms with Gasteiger partial charge in [0, 0.05) is 23.5 Å². The SMILES string of the molecule is Cc1ccc(-c2csc(CNC(C)C)n2)c(C)c1. The third-order valence-electron chi connectivity index (χ3n) is 2.87. The van der Waals surface area contributed by atoms with Gasteiger partial charge in [0.1, 0.15) is 5.01 Å². The van der Waals surface area contributed by atoms with Gasteiger partial charge in [-0.25, -0.2) is 4.98 Å². The molecule has 96 valence electrons. The summed E-state index contributed by atoms with van der Waals surface area (Å²) in [4.78, 5) is 4.70. The van der Waals surface area contributed by atoms with E-state index in [0.717, 1.165) is 17.2 Å². The van der Waals surface area contributed by atoms with Crippen LogP contribution >= 0.6 is 11.3 Å². The largest absolute Gasteiger partial charge is 0.308 e. The van der Waals surface area contributed by atoms with Crippen LogP contribution in [0.25, 0.3) is 11.3 Å². The maximum Gasteiger partial charge on any atom is 0.107 e. The maximum atomic E-state index is 4.70. The Labute approximate surface area is 113 Å². The van der Waals surface area contributed by atoms with Crippen molar-refractivity contribution in [2.24, 2.45) is 0 Å². The summed E-state index contributed by atoms with van der Waals surface area (Å²) < 4.78 is 0. The second-order valence-electron chi connectivity index (χ2n) is 4.98. The fraction of sp³-hybridized carbons (Fsp3) is 0.400. The van der Waals surface area contributed by atoms with Crippen LogP contribution < -0.4 is 5.32 Å². The summed E-state index contributed by atoms with van der Waals surface area (Å²) >= 11 is 1.73. The highest BCUT2D eigenvalue weighted by atomic mass is 32.1. The Hall–Kier alpha value is -1.19. The monoisotopic (exact) mass is 260 g/mol. The van der Waals surface area contributed by atoms with Crippen molar-refractivity contribution in [2.75, 3.05) is 0 Å². The van der Waals surface area contributed by atoms with Crippen molar-refractivity contribution in [3.05, 3.63) is 39.7 Å². The van der Waals surface area contributed by atoms with Crippen LogP contribution in [0.2, 0.25) is 0 Å². The highest BCUT2D eigenvalue weighted by Crippen LogP contribution is 2.25. The molecule has 2 aromatic rings. The number of hydrogen-bond donors (Lipinski definition) is 1. The summed E-state index contributed by atoms with van der Waals surface area (Å²) in [6.07, 6.45) is 0. The molecule has 0 radical (unpaired) electrons. The summed E-state index contributed by atoms with van der Waals surface area (Å²) in [5, 5.41) is 6.70. The zero-order chi connectivity index (χ0) is 13.1. The molecular formula is C15H20N2S. The lowest BCUT2D eigenvalue weighted by molar-refractivity contribution is 0.587. The molecular weight excluding hydrogens is 240 g/mol. The smallest absolute Gasteiger partial charge is 0.107 e. The van der Waals surface area contributed by atoms with Gasteiger partial charge in [-0.3, -0.25) is 0 Å². The molecule has 1 N–H and O–H groups in total. The fourth-order valence-electron chi connectivity index (χ4n) is 1.91. The molecule has 2 nitrogen and oxygen atoms in total. The Balaban J connectivity index is 2.18. The number of benzene rings is 1. The van der Waals surface area contributed by atoms with Crippen LogP contribution in [0.4, 0.5) is 0 Å². The van der Waals surface area contributed by atoms with Gasteiger partial charge in [0.05, 0.1) is 5.69 Å². The van der Waals surface area contributed by atoms with Crippen molar-refractivity contribution < 1.29 is 0 Å². The molecule has 1 heterocycles. The minimum atomic E-state index is 0.499. The quantitative estimate of drug-likeness (QED) is 0.901. The Morgan fingerprint density at radius 1 is 1.28 bits per heavy atom. The predicted octanol–water partition coefficient (Wildman–Crippen LogP) is 3.92. The lowest BCUT2D eigenvalue weighted by Crippen LogP contribution is -2.21. The zero-order valence-electron chi connectivity index (χ0n) is 11.4. The Bertz CT molecular complexity index is 529. The Morgan fingerprint density at radius 3 is 2.72 bits per heavy atom. The van der Waals surface area contributed by atoms with Gasteiger partial charge in [-0.1, -0.05) is 37.6 Å². The lowest BCUT2D eigenvalue weighted by Gasteiger charge is -2.05. The number of hydrogen-bond acceptors (Lipinski definition) is 3. The van der Waals surface area contributed by atoms with Gasteiger partial charge >= 0.3 is 0 Å². The molecule has 2 rings (SSSR count). The first kappa shape index (κ1) is 13.2. The van der Waals surface area contributed by atoms with Crippen LogP contribution in [0.1, 0.15) is 30.0 Å². The number of thiazole rings is 1. The second-order valence-corrected chi connectivity index (χ2v) is 5.92. The first-order valence-electron chi connectivity index (χ1n) is 6.31. The van der Waals surface area contributed by atoms with Gasteiger partial charge in [-0.2, -0.15) is 0 Å². The molecule has 1 aromatic carbocycles. The second kappa shape index (κ2) is 5.63. The van der Waals surface area contributed by atoms with Crippen LogP contribution in [0.15, 0.2) is 23.6 Å². The number of rotatable bonds is 4. The van der Waals surface area contributed by atoms with E-state index >= 15 is 0 Å². The van der Waals surface area contributed by atoms with E-state index in [0.29, 0.717) is 6.04 Å². The van der Waals surface area contributed by atoms with Gasteiger partial charge in [-0.05, 0) is 19.4 Å². The molecule has 0 bridgehead atoms. The minimum Gasteiger partial charge on any atom is -0.308 e. The Kier molecular flexibility index (Phi) is 4.15. The molecule has 0 spiro atoms. The van der Waals surface area contributed by atoms with Crippen molar-refractivity contribution in [1.82, 2.24) is 10.3 Å². The summed E-state index contributed by atoms with van der Waals surface area (Å²) in [5.74, 6) is 0. The van der Waals surface area contributed by atoms with Crippen molar-refractivity contribution in [3.63, 3.8) is 0 Å². The van der Waals surface area contributed by atoms with E-state index in [2.05, 4.69) is 56.6 Å². The number of nitrogens with one attached hydrogen (secondary N) is 1. The molecule has 3 heteroatoms.